The number of aliphatic carboxylic acids is 2. The van der Waals surface area contributed by atoms with Gasteiger partial charge in [-0.3, -0.25) is 14.5 Å². The molecule has 1 aromatic heterocycles. The van der Waals surface area contributed by atoms with Gasteiger partial charge in [0.25, 0.3) is 11.8 Å². The Morgan fingerprint density at radius 3 is 2.74 bits per heavy atom. The summed E-state index contributed by atoms with van der Waals surface area (Å²) >= 11 is 2.26. The summed E-state index contributed by atoms with van der Waals surface area (Å²) in [7, 11) is 0. The maximum Gasteiger partial charge on any atom is 0.352 e. The first-order chi connectivity index (χ1) is 18.2. The minimum Gasteiger partial charge on any atom is -0.479 e. The monoisotopic (exact) mass is 554 g/mol. The predicted octanol–water partition coefficient (Wildman–Crippen LogP) is 0.854. The molecule has 0 radical (unpaired) electrons. The molecule has 38 heavy (non-hydrogen) atoms. The number of carboxylic acid groups (broad SMARTS) is 2. The maximum atomic E-state index is 13.0. The molecule has 3 heterocycles. The number of rotatable bonds is 9. The number of β-lactam (4-membered cyclic amide) rings is 1. The number of thioether (sulfide) groups is 1. The lowest BCUT2D eigenvalue weighted by atomic mass is 10.0. The van der Waals surface area contributed by atoms with Crippen LogP contribution in [0.4, 0.5) is 5.13 Å². The number of hydrogen-bond donors (Lipinski definition) is 4. The van der Waals surface area contributed by atoms with Gasteiger partial charge in [-0.05, 0) is 17.2 Å². The molecular formula is C23H18N6O7S2. The SMILES string of the molecule is N#Cc1ccccc1/C=C/C1=C(C(=O)O)N2C(=O)C(NC(=O)/C(=N/OCC(=O)O)c3csc(N)n3)[C@H]2SC1. The smallest absolute Gasteiger partial charge is 0.352 e. The quantitative estimate of drug-likeness (QED) is 0.194. The Hall–Kier alpha value is -4.68. The third kappa shape index (κ3) is 5.36. The second-order valence-corrected chi connectivity index (χ2v) is 9.75. The average molecular weight is 555 g/mol. The van der Waals surface area contributed by atoms with Gasteiger partial charge in [0.05, 0.1) is 11.6 Å². The molecule has 2 aliphatic rings. The summed E-state index contributed by atoms with van der Waals surface area (Å²) in [4.78, 5) is 58.5. The van der Waals surface area contributed by atoms with Crippen molar-refractivity contribution in [3.63, 3.8) is 0 Å². The number of allylic oxidation sites excluding steroid dienone is 1. The molecule has 2 aromatic rings. The number of nitrogen functional groups attached to an aromatic ring is 1. The van der Waals surface area contributed by atoms with Gasteiger partial charge in [0.15, 0.2) is 10.8 Å². The number of aromatic nitrogens is 1. The zero-order valence-electron chi connectivity index (χ0n) is 19.2. The fourth-order valence-corrected chi connectivity index (χ4v) is 5.53. The average Bonchev–Trinajstić information content (AvgIpc) is 3.33. The van der Waals surface area contributed by atoms with Crippen molar-refractivity contribution in [1.82, 2.24) is 15.2 Å². The van der Waals surface area contributed by atoms with E-state index in [4.69, 9.17) is 10.8 Å². The second kappa shape index (κ2) is 11.2. The number of carbonyl (C=O) groups excluding carboxylic acids is 2. The van der Waals surface area contributed by atoms with Crippen molar-refractivity contribution in [2.75, 3.05) is 18.1 Å². The van der Waals surface area contributed by atoms with Crippen LogP contribution >= 0.6 is 23.1 Å². The van der Waals surface area contributed by atoms with Crippen LogP contribution in [0.25, 0.3) is 6.08 Å². The van der Waals surface area contributed by atoms with Crippen molar-refractivity contribution in [2.24, 2.45) is 5.16 Å². The van der Waals surface area contributed by atoms with Crippen molar-refractivity contribution in [3.8, 4) is 6.07 Å². The van der Waals surface area contributed by atoms with Crippen molar-refractivity contribution in [3.05, 3.63) is 63.8 Å². The Morgan fingerprint density at radius 2 is 2.08 bits per heavy atom. The predicted molar refractivity (Wildman–Crippen MR) is 137 cm³/mol. The summed E-state index contributed by atoms with van der Waals surface area (Å²) in [5, 5.41) is 34.8. The van der Waals surface area contributed by atoms with E-state index in [0.29, 0.717) is 16.7 Å². The highest BCUT2D eigenvalue weighted by Crippen LogP contribution is 2.41. The van der Waals surface area contributed by atoms with E-state index < -0.39 is 41.8 Å². The van der Waals surface area contributed by atoms with Crippen molar-refractivity contribution in [2.45, 2.75) is 11.4 Å². The molecule has 0 bridgehead atoms. The van der Waals surface area contributed by atoms with E-state index in [0.717, 1.165) is 16.2 Å². The lowest BCUT2D eigenvalue weighted by molar-refractivity contribution is -0.150. The van der Waals surface area contributed by atoms with E-state index in [9.17, 15) is 29.5 Å². The lowest BCUT2D eigenvalue weighted by Gasteiger charge is -2.49. The molecule has 13 nitrogen and oxygen atoms in total. The summed E-state index contributed by atoms with van der Waals surface area (Å²) in [6, 6.07) is 7.79. The zero-order chi connectivity index (χ0) is 27.4. The molecule has 1 fully saturated rings. The number of nitrogens with zero attached hydrogens (tertiary/aromatic N) is 4. The van der Waals surface area contributed by atoms with Crippen molar-refractivity contribution >= 4 is 63.8 Å². The molecule has 0 saturated carbocycles. The minimum atomic E-state index is -1.32. The molecule has 15 heteroatoms. The number of carboxylic acids is 2. The molecule has 5 N–H and O–H groups in total. The Bertz CT molecular complexity index is 1460. The van der Waals surface area contributed by atoms with Crippen LogP contribution in [0.5, 0.6) is 0 Å². The minimum absolute atomic E-state index is 0.0199. The number of carbonyl (C=O) groups is 4. The fourth-order valence-electron chi connectivity index (χ4n) is 3.67. The second-order valence-electron chi connectivity index (χ2n) is 7.75. The van der Waals surface area contributed by atoms with Crippen LogP contribution in [0, 0.1) is 11.3 Å². The van der Waals surface area contributed by atoms with Gasteiger partial charge in [0.2, 0.25) is 6.61 Å². The van der Waals surface area contributed by atoms with Gasteiger partial charge >= 0.3 is 11.9 Å². The Balaban J connectivity index is 1.54. The number of oxime groups is 1. The molecular weight excluding hydrogens is 536 g/mol. The molecule has 194 valence electrons. The van der Waals surface area contributed by atoms with Crippen LogP contribution in [-0.2, 0) is 24.0 Å². The van der Waals surface area contributed by atoms with E-state index >= 15 is 0 Å². The maximum absolute atomic E-state index is 13.0. The number of benzene rings is 1. The number of nitrogens with one attached hydrogen (secondary N) is 1. The summed E-state index contributed by atoms with van der Waals surface area (Å²) in [6.07, 6.45) is 3.17. The summed E-state index contributed by atoms with van der Waals surface area (Å²) in [5.74, 6) is -3.94. The van der Waals surface area contributed by atoms with Crippen LogP contribution in [0.1, 0.15) is 16.8 Å². The van der Waals surface area contributed by atoms with Gasteiger partial charge in [-0.2, -0.15) is 5.26 Å². The number of anilines is 1. The number of thiazole rings is 1. The van der Waals surface area contributed by atoms with Crippen LogP contribution < -0.4 is 11.1 Å². The van der Waals surface area contributed by atoms with E-state index in [-0.39, 0.29) is 28.0 Å². The van der Waals surface area contributed by atoms with E-state index in [1.807, 2.05) is 0 Å². The normalized spacial score (nSPS) is 19.0. The molecule has 1 unspecified atom stereocenters. The zero-order valence-corrected chi connectivity index (χ0v) is 20.9. The van der Waals surface area contributed by atoms with E-state index in [2.05, 4.69) is 26.4 Å². The van der Waals surface area contributed by atoms with Crippen molar-refractivity contribution < 1.29 is 34.2 Å². The first kappa shape index (κ1) is 26.4. The fraction of sp³-hybridized carbons (Fsp3) is 0.174. The van der Waals surface area contributed by atoms with Gasteiger partial charge in [-0.15, -0.1) is 23.1 Å². The molecule has 1 aromatic carbocycles. The third-order valence-corrected chi connectivity index (χ3v) is 7.33. The molecule has 2 aliphatic heterocycles. The van der Waals surface area contributed by atoms with Gasteiger partial charge in [-0.25, -0.2) is 14.6 Å². The molecule has 2 atom stereocenters. The largest absolute Gasteiger partial charge is 0.479 e. The van der Waals surface area contributed by atoms with Crippen LogP contribution in [-0.4, -0.2) is 73.3 Å². The van der Waals surface area contributed by atoms with Crippen LogP contribution in [0.15, 0.2) is 52.1 Å². The number of fused-ring (bicyclic) bond motifs is 1. The van der Waals surface area contributed by atoms with Gasteiger partial charge in [0.1, 0.15) is 22.8 Å². The van der Waals surface area contributed by atoms with E-state index in [1.54, 1.807) is 36.4 Å². The van der Waals surface area contributed by atoms with Gasteiger partial charge in [0, 0.05) is 11.1 Å². The highest BCUT2D eigenvalue weighted by molar-refractivity contribution is 8.00. The summed E-state index contributed by atoms with van der Waals surface area (Å²) in [6.45, 7) is -0.813. The van der Waals surface area contributed by atoms with E-state index in [1.165, 1.54) is 17.1 Å². The third-order valence-electron chi connectivity index (χ3n) is 5.36. The highest BCUT2D eigenvalue weighted by atomic mass is 32.2. The molecule has 4 rings (SSSR count). The highest BCUT2D eigenvalue weighted by Gasteiger charge is 2.54. The molecule has 1 saturated heterocycles. The molecule has 0 spiro atoms. The van der Waals surface area contributed by atoms with Crippen LogP contribution in [0.3, 0.4) is 0 Å². The summed E-state index contributed by atoms with van der Waals surface area (Å²) in [5.41, 5.74) is 6.40. The number of nitrogens with two attached hydrogens (primary N) is 1. The molecule has 2 amide bonds. The van der Waals surface area contributed by atoms with Gasteiger partial charge < -0.3 is 26.1 Å². The standard InChI is InChI=1S/C23H18N6O7S2/c24-7-12-4-2-1-3-11(12)5-6-13-9-37-21-17(20(33)29(21)18(13)22(34)35)27-19(32)16(28-36-8-15(30)31)14-10-38-23(25)26-14/h1-6,10,17,21H,8-9H2,(H2,25,26)(H,27,32)(H,30,31)(H,34,35)/b6-5+,28-16+/t17?,21-/m1/s1. The van der Waals surface area contributed by atoms with Gasteiger partial charge in [-0.1, -0.05) is 35.5 Å². The summed E-state index contributed by atoms with van der Waals surface area (Å²) < 4.78 is 0. The molecule has 0 aliphatic carbocycles. The Kier molecular flexibility index (Phi) is 7.74. The Morgan fingerprint density at radius 1 is 1.32 bits per heavy atom. The Labute approximate surface area is 222 Å². The number of hydrogen-bond acceptors (Lipinski definition) is 11. The first-order valence-electron chi connectivity index (χ1n) is 10.7. The van der Waals surface area contributed by atoms with Crippen molar-refractivity contribution in [1.29, 1.82) is 5.26 Å². The number of nitriles is 1. The van der Waals surface area contributed by atoms with Crippen LogP contribution in [0.2, 0.25) is 0 Å². The number of amides is 2. The lowest BCUT2D eigenvalue weighted by Crippen LogP contribution is -2.71. The first-order valence-corrected chi connectivity index (χ1v) is 12.7. The topological polar surface area (TPSA) is 208 Å².